The number of aromatic nitrogens is 2. The van der Waals surface area contributed by atoms with E-state index >= 15 is 0 Å². The Labute approximate surface area is 254 Å². The molecule has 1 atom stereocenters. The summed E-state index contributed by atoms with van der Waals surface area (Å²) in [5, 5.41) is 20.9. The predicted octanol–water partition coefficient (Wildman–Crippen LogP) is 6.28. The molecule has 0 radical (unpaired) electrons. The summed E-state index contributed by atoms with van der Waals surface area (Å²) in [6, 6.07) is 18.5. The highest BCUT2D eigenvalue weighted by Gasteiger charge is 2.48. The lowest BCUT2D eigenvalue weighted by molar-refractivity contribution is -0.132. The highest BCUT2D eigenvalue weighted by Crippen LogP contribution is 2.45. The van der Waals surface area contributed by atoms with E-state index in [1.807, 2.05) is 31.2 Å². The molecular weight excluding hydrogens is 598 g/mol. The molecule has 214 valence electrons. The molecule has 3 heterocycles. The van der Waals surface area contributed by atoms with Crippen LogP contribution in [0.4, 0.5) is 5.13 Å². The highest BCUT2D eigenvalue weighted by molar-refractivity contribution is 8.00. The Kier molecular flexibility index (Phi) is 8.05. The second kappa shape index (κ2) is 12.0. The van der Waals surface area contributed by atoms with Crippen LogP contribution >= 0.6 is 34.7 Å². The quantitative estimate of drug-likeness (QED) is 0.0799. The summed E-state index contributed by atoms with van der Waals surface area (Å²) >= 11 is 8.91. The second-order valence-electron chi connectivity index (χ2n) is 9.26. The second-order valence-corrected chi connectivity index (χ2v) is 11.8. The zero-order chi connectivity index (χ0) is 29.2. The summed E-state index contributed by atoms with van der Waals surface area (Å²) in [4.78, 5) is 28.5. The first-order valence-corrected chi connectivity index (χ1v) is 15.3. The van der Waals surface area contributed by atoms with E-state index in [-0.39, 0.29) is 16.5 Å². The minimum absolute atomic E-state index is 0.0780. The third-order valence-corrected chi connectivity index (χ3v) is 9.13. The number of halogens is 1. The monoisotopic (exact) mass is 621 g/mol. The van der Waals surface area contributed by atoms with Crippen molar-refractivity contribution in [1.29, 1.82) is 0 Å². The van der Waals surface area contributed by atoms with Crippen LogP contribution in [0.25, 0.3) is 5.76 Å². The molecule has 0 unspecified atom stereocenters. The molecule has 0 spiro atoms. The number of carbonyl (C=O) groups is 2. The molecule has 2 aliphatic rings. The number of aliphatic hydroxyl groups is 1. The first-order chi connectivity index (χ1) is 20.4. The first kappa shape index (κ1) is 28.1. The Morgan fingerprint density at radius 2 is 1.88 bits per heavy atom. The SMILES string of the molecule is CCOc1cccc([C@@H]2/C(=C(\O)c3ccc4c(c3)OCCO4)C(=O)C(=O)N2c2nnc(SCc3ccccc3Cl)s2)c1. The van der Waals surface area contributed by atoms with Crippen molar-refractivity contribution in [2.75, 3.05) is 24.7 Å². The summed E-state index contributed by atoms with van der Waals surface area (Å²) in [5.41, 5.74) is 1.75. The first-order valence-electron chi connectivity index (χ1n) is 13.1. The largest absolute Gasteiger partial charge is 0.507 e. The molecule has 1 N–H and O–H groups in total. The number of benzene rings is 3. The maximum atomic E-state index is 13.6. The molecule has 12 heteroatoms. The summed E-state index contributed by atoms with van der Waals surface area (Å²) < 4.78 is 17.6. The van der Waals surface area contributed by atoms with Gasteiger partial charge in [-0.1, -0.05) is 65.0 Å². The van der Waals surface area contributed by atoms with Gasteiger partial charge in [-0.25, -0.2) is 0 Å². The summed E-state index contributed by atoms with van der Waals surface area (Å²) in [6.07, 6.45) is 0. The molecule has 4 aromatic rings. The van der Waals surface area contributed by atoms with Crippen LogP contribution in [-0.4, -0.2) is 46.8 Å². The number of fused-ring (bicyclic) bond motifs is 1. The Bertz CT molecular complexity index is 1710. The molecule has 6 rings (SSSR count). The number of hydrogen-bond donors (Lipinski definition) is 1. The lowest BCUT2D eigenvalue weighted by Crippen LogP contribution is -2.29. The van der Waals surface area contributed by atoms with Crippen molar-refractivity contribution in [3.05, 3.63) is 94.0 Å². The average molecular weight is 622 g/mol. The fourth-order valence-corrected chi connectivity index (χ4v) is 6.90. The maximum absolute atomic E-state index is 13.6. The number of thioether (sulfide) groups is 1. The average Bonchev–Trinajstić information content (AvgIpc) is 3.58. The van der Waals surface area contributed by atoms with Gasteiger partial charge in [-0.3, -0.25) is 14.5 Å². The van der Waals surface area contributed by atoms with Crippen LogP contribution in [-0.2, 0) is 15.3 Å². The van der Waals surface area contributed by atoms with Crippen LogP contribution in [0.1, 0.15) is 29.7 Å². The molecule has 1 fully saturated rings. The number of nitrogens with zero attached hydrogens (tertiary/aromatic N) is 3. The number of ether oxygens (including phenoxy) is 3. The predicted molar refractivity (Wildman–Crippen MR) is 161 cm³/mol. The van der Waals surface area contributed by atoms with Gasteiger partial charge in [-0.05, 0) is 54.4 Å². The molecule has 1 aromatic heterocycles. The number of amides is 1. The van der Waals surface area contributed by atoms with Crippen molar-refractivity contribution >= 4 is 57.3 Å². The van der Waals surface area contributed by atoms with Gasteiger partial charge < -0.3 is 19.3 Å². The molecule has 0 aliphatic carbocycles. The minimum Gasteiger partial charge on any atom is -0.507 e. The standard InChI is InChI=1S/C30H24ClN3O6S2/c1-2-38-20-8-5-7-17(14-20)25-24(26(35)18-10-11-22-23(15-18)40-13-12-39-22)27(36)28(37)34(25)29-32-33-30(42-29)41-16-19-6-3-4-9-21(19)31/h3-11,14-15,25,35H,2,12-13,16H2,1H3/b26-24+/t25-/m1/s1. The zero-order valence-corrected chi connectivity index (χ0v) is 24.7. The Balaban J connectivity index is 1.41. The summed E-state index contributed by atoms with van der Waals surface area (Å²) in [5.74, 6) is 0.102. The van der Waals surface area contributed by atoms with E-state index in [0.717, 1.165) is 5.56 Å². The van der Waals surface area contributed by atoms with Gasteiger partial charge in [0.2, 0.25) is 5.13 Å². The van der Waals surface area contributed by atoms with Crippen molar-refractivity contribution < 1.29 is 28.9 Å². The van der Waals surface area contributed by atoms with Crippen LogP contribution in [0.15, 0.2) is 76.6 Å². The molecule has 3 aromatic carbocycles. The number of carbonyl (C=O) groups excluding carboxylic acids is 2. The lowest BCUT2D eigenvalue weighted by atomic mass is 9.95. The number of Topliss-reactive ketones (excluding diaryl/α,β-unsaturated/α-hetero) is 1. The van der Waals surface area contributed by atoms with Gasteiger partial charge in [0.25, 0.3) is 5.78 Å². The van der Waals surface area contributed by atoms with Gasteiger partial charge in [0.15, 0.2) is 15.8 Å². The van der Waals surface area contributed by atoms with Crippen molar-refractivity contribution in [3.63, 3.8) is 0 Å². The molecule has 0 saturated carbocycles. The van der Waals surface area contributed by atoms with Gasteiger partial charge in [0.05, 0.1) is 18.2 Å². The Morgan fingerprint density at radius 3 is 2.69 bits per heavy atom. The topological polar surface area (TPSA) is 111 Å². The fourth-order valence-electron chi connectivity index (χ4n) is 4.75. The summed E-state index contributed by atoms with van der Waals surface area (Å²) in [7, 11) is 0. The number of aliphatic hydroxyl groups excluding tert-OH is 1. The van der Waals surface area contributed by atoms with Crippen molar-refractivity contribution in [2.24, 2.45) is 0 Å². The number of hydrogen-bond acceptors (Lipinski definition) is 10. The number of anilines is 1. The van der Waals surface area contributed by atoms with E-state index in [9.17, 15) is 14.7 Å². The van der Waals surface area contributed by atoms with Crippen molar-refractivity contribution in [1.82, 2.24) is 10.2 Å². The van der Waals surface area contributed by atoms with Gasteiger partial charge in [0.1, 0.15) is 24.7 Å². The van der Waals surface area contributed by atoms with Crippen molar-refractivity contribution in [2.45, 2.75) is 23.1 Å². The van der Waals surface area contributed by atoms with E-state index in [2.05, 4.69) is 10.2 Å². The maximum Gasteiger partial charge on any atom is 0.301 e. The van der Waals surface area contributed by atoms with Crippen LogP contribution in [0.3, 0.4) is 0 Å². The Hall–Kier alpha value is -4.06. The van der Waals surface area contributed by atoms with Crippen LogP contribution in [0, 0.1) is 0 Å². The van der Waals surface area contributed by atoms with E-state index in [4.69, 9.17) is 25.8 Å². The molecule has 0 bridgehead atoms. The smallest absolute Gasteiger partial charge is 0.301 e. The highest BCUT2D eigenvalue weighted by atomic mass is 35.5. The normalized spacial score (nSPS) is 17.5. The van der Waals surface area contributed by atoms with E-state index in [0.29, 0.717) is 63.3 Å². The van der Waals surface area contributed by atoms with Crippen LogP contribution in [0.2, 0.25) is 5.02 Å². The molecule has 42 heavy (non-hydrogen) atoms. The van der Waals surface area contributed by atoms with Gasteiger partial charge in [0, 0.05) is 16.3 Å². The fraction of sp³-hybridized carbons (Fsp3) is 0.200. The lowest BCUT2D eigenvalue weighted by Gasteiger charge is -2.23. The number of rotatable bonds is 8. The third-order valence-electron chi connectivity index (χ3n) is 6.66. The van der Waals surface area contributed by atoms with E-state index in [1.165, 1.54) is 28.0 Å². The van der Waals surface area contributed by atoms with Gasteiger partial charge >= 0.3 is 5.91 Å². The van der Waals surface area contributed by atoms with E-state index in [1.54, 1.807) is 42.5 Å². The molecule has 2 aliphatic heterocycles. The Morgan fingerprint density at radius 1 is 1.07 bits per heavy atom. The van der Waals surface area contributed by atoms with Gasteiger partial charge in [-0.15, -0.1) is 10.2 Å². The molecular formula is C30H24ClN3O6S2. The summed E-state index contributed by atoms with van der Waals surface area (Å²) in [6.45, 7) is 3.08. The van der Waals surface area contributed by atoms with Crippen LogP contribution in [0.5, 0.6) is 17.2 Å². The molecule has 1 saturated heterocycles. The zero-order valence-electron chi connectivity index (χ0n) is 22.3. The van der Waals surface area contributed by atoms with E-state index < -0.39 is 17.7 Å². The van der Waals surface area contributed by atoms with Gasteiger partial charge in [-0.2, -0.15) is 0 Å². The molecule has 9 nitrogen and oxygen atoms in total. The third kappa shape index (κ3) is 5.42. The number of ketones is 1. The van der Waals surface area contributed by atoms with Crippen molar-refractivity contribution in [3.8, 4) is 17.2 Å². The van der Waals surface area contributed by atoms with Crippen LogP contribution < -0.4 is 19.1 Å². The minimum atomic E-state index is -0.979. The molecule has 1 amide bonds.